The fraction of sp³-hybridized carbons (Fsp3) is 0.433. The predicted octanol–water partition coefficient (Wildman–Crippen LogP) is 9.35. The second-order valence-electron chi connectivity index (χ2n) is 8.84. The standard InChI is InChI=1S/C14H12F.C10H15.C3H5F2.C2H6.CH2O.H2/c1-10-4-3-5-12(8-10)13-7-6-11(2)14(15)9-13;1-7(2)10-6-9(10)5-4-8(10)3;1-3(2,4)5;2*1-2;/h3-9H,1H2,2H3;1,8-9H,4-6H2,2-3H3;1H2,2H3;1-2H3;1H2;1H. The number of hydrogen-bond acceptors (Lipinski definition) is 1. The maximum Gasteiger partial charge on any atom is 0.245 e. The molecule has 0 saturated heterocycles. The van der Waals surface area contributed by atoms with Gasteiger partial charge in [0.25, 0.3) is 0 Å². The molecule has 2 aliphatic rings. The Bertz CT molecular complexity index is 901. The molecular weight excluding hydrogens is 433 g/mol. The highest BCUT2D eigenvalue weighted by Gasteiger charge is 2.61. The molecule has 189 valence electrons. The molecule has 2 aromatic carbocycles. The molecule has 3 unspecified atom stereocenters. The summed E-state index contributed by atoms with van der Waals surface area (Å²) in [5, 5.41) is 0. The molecule has 2 saturated carbocycles. The topological polar surface area (TPSA) is 17.1 Å². The summed E-state index contributed by atoms with van der Waals surface area (Å²) in [6, 6.07) is 13.0. The highest BCUT2D eigenvalue weighted by molar-refractivity contribution is 5.64. The van der Waals surface area contributed by atoms with Gasteiger partial charge in [0.2, 0.25) is 5.92 Å². The van der Waals surface area contributed by atoms with E-state index in [-0.39, 0.29) is 7.24 Å². The van der Waals surface area contributed by atoms with Crippen molar-refractivity contribution in [1.29, 1.82) is 0 Å². The quantitative estimate of drug-likeness (QED) is 0.423. The number of benzene rings is 2. The molecule has 3 radical (unpaired) electrons. The van der Waals surface area contributed by atoms with Gasteiger partial charge < -0.3 is 4.79 Å². The molecule has 0 amide bonds. The van der Waals surface area contributed by atoms with Gasteiger partial charge >= 0.3 is 0 Å². The highest BCUT2D eigenvalue weighted by atomic mass is 19.3. The Morgan fingerprint density at radius 1 is 1.12 bits per heavy atom. The second-order valence-corrected chi connectivity index (χ2v) is 8.84. The Morgan fingerprint density at radius 3 is 2.00 bits per heavy atom. The Hall–Kier alpha value is -2.36. The van der Waals surface area contributed by atoms with Crippen LogP contribution in [-0.2, 0) is 4.79 Å². The zero-order valence-corrected chi connectivity index (χ0v) is 21.6. The number of allylic oxidation sites excluding steroid dienone is 1. The summed E-state index contributed by atoms with van der Waals surface area (Å²) < 4.78 is 35.2. The molecule has 4 heteroatoms. The Kier molecular flexibility index (Phi) is 13.2. The molecule has 0 aliphatic heterocycles. The Balaban J connectivity index is 0. The fourth-order valence-corrected chi connectivity index (χ4v) is 4.42. The largest absolute Gasteiger partial charge is 0.307 e. The molecule has 3 atom stereocenters. The van der Waals surface area contributed by atoms with Crippen LogP contribution in [-0.4, -0.2) is 12.7 Å². The van der Waals surface area contributed by atoms with Gasteiger partial charge in [-0.25, -0.2) is 13.2 Å². The van der Waals surface area contributed by atoms with Crippen molar-refractivity contribution in [2.24, 2.45) is 17.3 Å². The van der Waals surface area contributed by atoms with Crippen molar-refractivity contribution >= 4 is 6.79 Å². The van der Waals surface area contributed by atoms with Crippen molar-refractivity contribution in [3.8, 4) is 11.1 Å². The van der Waals surface area contributed by atoms with Crippen LogP contribution >= 0.6 is 0 Å². The number of hydrogen-bond donors (Lipinski definition) is 0. The molecule has 34 heavy (non-hydrogen) atoms. The molecule has 0 spiro atoms. The van der Waals surface area contributed by atoms with Crippen LogP contribution in [0.1, 0.15) is 66.4 Å². The maximum absolute atomic E-state index is 13.3. The summed E-state index contributed by atoms with van der Waals surface area (Å²) in [5.41, 5.74) is 5.21. The zero-order valence-electron chi connectivity index (χ0n) is 21.6. The number of aryl methyl sites for hydroxylation is 1. The smallest absolute Gasteiger partial charge is 0.245 e. The van der Waals surface area contributed by atoms with Crippen molar-refractivity contribution < 1.29 is 19.4 Å². The van der Waals surface area contributed by atoms with Gasteiger partial charge in [-0.3, -0.25) is 0 Å². The van der Waals surface area contributed by atoms with Crippen molar-refractivity contribution in [2.45, 2.75) is 66.7 Å². The number of alkyl halides is 2. The molecule has 0 heterocycles. The maximum atomic E-state index is 13.3. The molecule has 0 aromatic heterocycles. The first-order valence-corrected chi connectivity index (χ1v) is 11.6. The monoisotopic (exact) mass is 475 g/mol. The van der Waals surface area contributed by atoms with Gasteiger partial charge in [-0.2, -0.15) is 0 Å². The lowest BCUT2D eigenvalue weighted by molar-refractivity contribution is -0.0980. The number of rotatable bonds is 2. The van der Waals surface area contributed by atoms with Gasteiger partial charge in [-0.05, 0) is 92.5 Å². The average Bonchev–Trinajstić information content (AvgIpc) is 3.44. The van der Waals surface area contributed by atoms with E-state index in [0.717, 1.165) is 35.4 Å². The molecule has 1 nitrogen and oxygen atoms in total. The van der Waals surface area contributed by atoms with Crippen LogP contribution in [0.2, 0.25) is 0 Å². The van der Waals surface area contributed by atoms with E-state index >= 15 is 0 Å². The number of fused-ring (bicyclic) bond motifs is 1. The van der Waals surface area contributed by atoms with Crippen LogP contribution in [0.15, 0.2) is 48.0 Å². The molecule has 0 bridgehead atoms. The van der Waals surface area contributed by atoms with E-state index in [9.17, 15) is 13.2 Å². The third kappa shape index (κ3) is 9.48. The van der Waals surface area contributed by atoms with E-state index in [1.807, 2.05) is 51.0 Å². The minimum Gasteiger partial charge on any atom is -0.307 e. The summed E-state index contributed by atoms with van der Waals surface area (Å²) >= 11 is 0. The van der Waals surface area contributed by atoms with Gasteiger partial charge in [0, 0.05) is 8.35 Å². The van der Waals surface area contributed by atoms with Gasteiger partial charge in [0.15, 0.2) is 0 Å². The van der Waals surface area contributed by atoms with E-state index in [2.05, 4.69) is 27.7 Å². The summed E-state index contributed by atoms with van der Waals surface area (Å²) in [6.07, 6.45) is 4.21. The number of carbonyl (C=O) groups is 1. The minimum atomic E-state index is -2.75. The number of halogens is 3. The summed E-state index contributed by atoms with van der Waals surface area (Å²) in [4.78, 5) is 8.00. The van der Waals surface area contributed by atoms with E-state index in [4.69, 9.17) is 11.4 Å². The van der Waals surface area contributed by atoms with Gasteiger partial charge in [0.1, 0.15) is 12.6 Å². The normalized spacial score (nSPS) is 21.5. The Morgan fingerprint density at radius 2 is 1.65 bits per heavy atom. The van der Waals surface area contributed by atoms with Gasteiger partial charge in [-0.15, -0.1) is 0 Å². The molecule has 2 aromatic rings. The van der Waals surface area contributed by atoms with Crippen LogP contribution in [0.25, 0.3) is 11.1 Å². The highest BCUT2D eigenvalue weighted by Crippen LogP contribution is 2.69. The second kappa shape index (κ2) is 14.1. The first-order chi connectivity index (χ1) is 15.8. The first-order valence-electron chi connectivity index (χ1n) is 11.6. The third-order valence-electron chi connectivity index (χ3n) is 6.15. The number of carbonyl (C=O) groups excluding carboxylic acids is 1. The summed E-state index contributed by atoms with van der Waals surface area (Å²) in [6.45, 7) is 25.1. The van der Waals surface area contributed by atoms with Crippen LogP contribution in [0.3, 0.4) is 0 Å². The van der Waals surface area contributed by atoms with Crippen molar-refractivity contribution in [1.82, 2.24) is 0 Å². The van der Waals surface area contributed by atoms with Crippen LogP contribution in [0, 0.1) is 50.4 Å². The van der Waals surface area contributed by atoms with Gasteiger partial charge in [-0.1, -0.05) is 69.3 Å². The summed E-state index contributed by atoms with van der Waals surface area (Å²) in [5.74, 6) is -1.09. The lowest BCUT2D eigenvalue weighted by atomic mass is 9.86. The third-order valence-corrected chi connectivity index (χ3v) is 6.15. The van der Waals surface area contributed by atoms with Gasteiger partial charge in [0.05, 0.1) is 0 Å². The SMILES string of the molecule is C=O.CC.[CH2]C(C)(F)F.[CH2]c1cccc(-c2ccc(C)c(F)c2)c1.[CH]=C(C)C12CC1CCC2C.[HH]. The molecule has 4 rings (SSSR count). The lowest BCUT2D eigenvalue weighted by Gasteiger charge is -2.18. The van der Waals surface area contributed by atoms with Crippen LogP contribution in [0.5, 0.6) is 0 Å². The van der Waals surface area contributed by atoms with Crippen molar-refractivity contribution in [3.63, 3.8) is 0 Å². The predicted molar refractivity (Wildman–Crippen MR) is 140 cm³/mol. The average molecular weight is 476 g/mol. The van der Waals surface area contributed by atoms with E-state index in [0.29, 0.717) is 11.0 Å². The molecular formula is C30H42F3O. The molecule has 0 N–H and O–H groups in total. The molecule has 2 fully saturated rings. The van der Waals surface area contributed by atoms with Crippen LogP contribution in [0.4, 0.5) is 13.2 Å². The fourth-order valence-electron chi connectivity index (χ4n) is 4.42. The van der Waals surface area contributed by atoms with E-state index < -0.39 is 5.92 Å². The first kappa shape index (κ1) is 31.6. The minimum absolute atomic E-state index is 0. The van der Waals surface area contributed by atoms with E-state index in [1.165, 1.54) is 24.8 Å². The summed E-state index contributed by atoms with van der Waals surface area (Å²) in [7, 11) is 0. The zero-order chi connectivity index (χ0) is 26.7. The van der Waals surface area contributed by atoms with E-state index in [1.54, 1.807) is 19.1 Å². The van der Waals surface area contributed by atoms with Crippen molar-refractivity contribution in [2.75, 3.05) is 0 Å². The molecule has 2 aliphatic carbocycles. The van der Waals surface area contributed by atoms with Crippen LogP contribution < -0.4 is 0 Å². The Labute approximate surface area is 207 Å². The lowest BCUT2D eigenvalue weighted by Crippen LogP contribution is -2.10. The van der Waals surface area contributed by atoms with Crippen molar-refractivity contribution in [3.05, 3.63) is 85.4 Å².